The van der Waals surface area contributed by atoms with E-state index in [0.717, 1.165) is 16.2 Å². The van der Waals surface area contributed by atoms with Gasteiger partial charge in [0.05, 0.1) is 28.8 Å². The topological polar surface area (TPSA) is 75.3 Å². The number of nitrogens with zero attached hydrogens (tertiary/aromatic N) is 2. The summed E-state index contributed by atoms with van der Waals surface area (Å²) in [6, 6.07) is 6.07. The van der Waals surface area contributed by atoms with Gasteiger partial charge in [-0.2, -0.15) is 0 Å². The molecule has 0 saturated carbocycles. The van der Waals surface area contributed by atoms with Crippen molar-refractivity contribution in [1.82, 2.24) is 14.9 Å². The number of rotatable bonds is 5. The van der Waals surface area contributed by atoms with Crippen LogP contribution in [0.5, 0.6) is 0 Å². The lowest BCUT2D eigenvalue weighted by atomic mass is 9.97. The van der Waals surface area contributed by atoms with Crippen LogP contribution in [0.2, 0.25) is 0 Å². The zero-order chi connectivity index (χ0) is 18.7. The first-order chi connectivity index (χ1) is 12.5. The minimum Gasteiger partial charge on any atom is -0.466 e. The van der Waals surface area contributed by atoms with Crippen molar-refractivity contribution in [3.63, 3.8) is 0 Å². The Bertz CT molecular complexity index is 796. The molecule has 0 aliphatic carbocycles. The highest BCUT2D eigenvalue weighted by Gasteiger charge is 2.30. The molecule has 26 heavy (non-hydrogen) atoms. The number of H-pyrrole nitrogens is 1. The molecule has 1 amide bonds. The van der Waals surface area contributed by atoms with Gasteiger partial charge < -0.3 is 14.6 Å². The third-order valence-corrected chi connectivity index (χ3v) is 5.65. The first-order valence-electron chi connectivity index (χ1n) is 9.06. The molecule has 0 radical (unpaired) electrons. The fourth-order valence-electron chi connectivity index (χ4n) is 3.23. The number of hydrogen-bond acceptors (Lipinski definition) is 5. The average Bonchev–Trinajstić information content (AvgIpc) is 3.02. The molecular weight excluding hydrogens is 350 g/mol. The lowest BCUT2D eigenvalue weighted by Crippen LogP contribution is -2.43. The van der Waals surface area contributed by atoms with Crippen molar-refractivity contribution < 1.29 is 14.3 Å². The Morgan fingerprint density at radius 1 is 1.38 bits per heavy atom. The van der Waals surface area contributed by atoms with Crippen LogP contribution in [-0.4, -0.2) is 51.7 Å². The first kappa shape index (κ1) is 18.8. The van der Waals surface area contributed by atoms with E-state index in [1.807, 2.05) is 37.8 Å². The largest absolute Gasteiger partial charge is 0.466 e. The molecule has 1 aromatic heterocycles. The van der Waals surface area contributed by atoms with Crippen LogP contribution in [0.3, 0.4) is 0 Å². The second-order valence-electron chi connectivity index (χ2n) is 6.67. The molecule has 1 aliphatic rings. The molecule has 2 heterocycles. The van der Waals surface area contributed by atoms with Crippen molar-refractivity contribution in [3.8, 4) is 0 Å². The van der Waals surface area contributed by atoms with Crippen molar-refractivity contribution in [2.75, 3.05) is 19.7 Å². The average molecular weight is 375 g/mol. The van der Waals surface area contributed by atoms with E-state index in [9.17, 15) is 9.59 Å². The molecule has 1 atom stereocenters. The summed E-state index contributed by atoms with van der Waals surface area (Å²) < 4.78 is 5.08. The van der Waals surface area contributed by atoms with Crippen LogP contribution in [-0.2, 0) is 14.3 Å². The minimum absolute atomic E-state index is 0.0828. The number of benzene rings is 1. The number of likely N-dealkylation sites (tertiary alicyclic amines) is 1. The number of ether oxygens (including phenoxy) is 1. The predicted octanol–water partition coefficient (Wildman–Crippen LogP) is 3.15. The van der Waals surface area contributed by atoms with E-state index in [4.69, 9.17) is 4.74 Å². The summed E-state index contributed by atoms with van der Waals surface area (Å²) in [5.41, 5.74) is 3.07. The Morgan fingerprint density at radius 2 is 2.12 bits per heavy atom. The number of hydrogen-bond donors (Lipinski definition) is 1. The number of aromatic nitrogens is 2. The van der Waals surface area contributed by atoms with Crippen LogP contribution in [0, 0.1) is 12.8 Å². The molecule has 0 spiro atoms. The Kier molecular flexibility index (Phi) is 5.86. The van der Waals surface area contributed by atoms with Crippen molar-refractivity contribution >= 4 is 34.7 Å². The molecule has 7 heteroatoms. The zero-order valence-electron chi connectivity index (χ0n) is 15.4. The molecule has 0 unspecified atom stereocenters. The van der Waals surface area contributed by atoms with E-state index in [0.29, 0.717) is 32.5 Å². The number of fused-ring (bicyclic) bond motifs is 1. The van der Waals surface area contributed by atoms with Crippen molar-refractivity contribution in [1.29, 1.82) is 0 Å². The Morgan fingerprint density at radius 3 is 2.81 bits per heavy atom. The van der Waals surface area contributed by atoms with Crippen LogP contribution >= 0.6 is 11.8 Å². The fourth-order valence-corrected chi connectivity index (χ4v) is 4.13. The van der Waals surface area contributed by atoms with E-state index >= 15 is 0 Å². The van der Waals surface area contributed by atoms with Gasteiger partial charge in [0, 0.05) is 13.1 Å². The maximum Gasteiger partial charge on any atom is 0.309 e. The number of nitrogens with one attached hydrogen (secondary N) is 1. The van der Waals surface area contributed by atoms with E-state index in [2.05, 4.69) is 16.0 Å². The van der Waals surface area contributed by atoms with Gasteiger partial charge in [0.15, 0.2) is 5.16 Å². The lowest BCUT2D eigenvalue weighted by Gasteiger charge is -2.32. The Hall–Kier alpha value is -2.02. The molecule has 1 aliphatic heterocycles. The van der Waals surface area contributed by atoms with Gasteiger partial charge in [-0.15, -0.1) is 0 Å². The van der Waals surface area contributed by atoms with Crippen molar-refractivity contribution in [3.05, 3.63) is 23.8 Å². The van der Waals surface area contributed by atoms with Gasteiger partial charge in [-0.25, -0.2) is 4.98 Å². The third-order valence-electron chi connectivity index (χ3n) is 4.68. The van der Waals surface area contributed by atoms with Crippen LogP contribution < -0.4 is 0 Å². The van der Waals surface area contributed by atoms with Crippen LogP contribution in [0.1, 0.15) is 32.3 Å². The molecule has 1 fully saturated rings. The second kappa shape index (κ2) is 8.12. The number of amides is 1. The summed E-state index contributed by atoms with van der Waals surface area (Å²) in [5, 5.41) is 0.531. The molecule has 0 bridgehead atoms. The molecule has 1 N–H and O–H groups in total. The van der Waals surface area contributed by atoms with E-state index in [1.54, 1.807) is 0 Å². The number of piperidine rings is 1. The van der Waals surface area contributed by atoms with Gasteiger partial charge in [0.1, 0.15) is 0 Å². The normalized spacial score (nSPS) is 16.7. The third kappa shape index (κ3) is 4.20. The van der Waals surface area contributed by atoms with Crippen LogP contribution in [0.4, 0.5) is 0 Å². The number of aromatic amines is 1. The Balaban J connectivity index is 1.57. The summed E-state index contributed by atoms with van der Waals surface area (Å²) in [6.45, 7) is 7.37. The molecule has 2 aromatic rings. The second-order valence-corrected chi connectivity index (χ2v) is 8.00. The van der Waals surface area contributed by atoms with Gasteiger partial charge in [-0.3, -0.25) is 9.59 Å². The number of aryl methyl sites for hydroxylation is 1. The quantitative estimate of drug-likeness (QED) is 0.642. The summed E-state index contributed by atoms with van der Waals surface area (Å²) in [6.07, 6.45) is 1.34. The summed E-state index contributed by atoms with van der Waals surface area (Å²) in [4.78, 5) is 34.2. The SMILES string of the molecule is CCOC(=O)C1CCN(C(=O)[C@H](C)Sc2nc3ccc(C)cc3[nH]2)CC1. The van der Waals surface area contributed by atoms with Gasteiger partial charge in [0.2, 0.25) is 5.91 Å². The number of carbonyl (C=O) groups excluding carboxylic acids is 2. The molecule has 1 aromatic carbocycles. The molecule has 1 saturated heterocycles. The van der Waals surface area contributed by atoms with Crippen LogP contribution in [0.15, 0.2) is 23.4 Å². The molecule has 3 rings (SSSR count). The van der Waals surface area contributed by atoms with Gasteiger partial charge in [-0.05, 0) is 51.3 Å². The molecule has 6 nitrogen and oxygen atoms in total. The first-order valence-corrected chi connectivity index (χ1v) is 9.94. The minimum atomic E-state index is -0.226. The lowest BCUT2D eigenvalue weighted by molar-refractivity contribution is -0.151. The van der Waals surface area contributed by atoms with Gasteiger partial charge in [-0.1, -0.05) is 17.8 Å². The van der Waals surface area contributed by atoms with Gasteiger partial charge in [0.25, 0.3) is 0 Å². The van der Waals surface area contributed by atoms with E-state index in [1.165, 1.54) is 17.3 Å². The monoisotopic (exact) mass is 375 g/mol. The maximum atomic E-state index is 12.7. The van der Waals surface area contributed by atoms with Crippen LogP contribution in [0.25, 0.3) is 11.0 Å². The Labute approximate surface area is 157 Å². The fraction of sp³-hybridized carbons (Fsp3) is 0.526. The number of imidazole rings is 1. The predicted molar refractivity (Wildman–Crippen MR) is 102 cm³/mol. The van der Waals surface area contributed by atoms with Gasteiger partial charge >= 0.3 is 5.97 Å². The van der Waals surface area contributed by atoms with E-state index < -0.39 is 0 Å². The van der Waals surface area contributed by atoms with Crippen molar-refractivity contribution in [2.45, 2.75) is 44.0 Å². The molecule has 140 valence electrons. The summed E-state index contributed by atoms with van der Waals surface area (Å²) in [7, 11) is 0. The number of carbonyl (C=O) groups is 2. The zero-order valence-corrected chi connectivity index (χ0v) is 16.3. The summed E-state index contributed by atoms with van der Waals surface area (Å²) in [5.74, 6) is -0.130. The molecular formula is C19H25N3O3S. The highest BCUT2D eigenvalue weighted by Crippen LogP contribution is 2.27. The maximum absolute atomic E-state index is 12.7. The highest BCUT2D eigenvalue weighted by molar-refractivity contribution is 8.00. The smallest absolute Gasteiger partial charge is 0.309 e. The number of esters is 1. The van der Waals surface area contributed by atoms with Crippen molar-refractivity contribution in [2.24, 2.45) is 5.92 Å². The summed E-state index contributed by atoms with van der Waals surface area (Å²) >= 11 is 1.44. The van der Waals surface area contributed by atoms with E-state index in [-0.39, 0.29) is 23.0 Å². The number of thioether (sulfide) groups is 1. The standard InChI is InChI=1S/C19H25N3O3S/c1-4-25-18(24)14-7-9-22(10-8-14)17(23)13(3)26-19-20-15-6-5-12(2)11-16(15)21-19/h5-6,11,13-14H,4,7-10H2,1-3H3,(H,20,21)/t13-/m0/s1. The highest BCUT2D eigenvalue weighted by atomic mass is 32.2.